The van der Waals surface area contributed by atoms with Crippen LogP contribution in [0.15, 0.2) is 52.3 Å². The molecule has 31 heavy (non-hydrogen) atoms. The number of carbonyl (C=O) groups excluding carboxylic acids is 1. The van der Waals surface area contributed by atoms with Gasteiger partial charge in [0.1, 0.15) is 5.69 Å². The Balaban J connectivity index is 1.92. The van der Waals surface area contributed by atoms with Crippen LogP contribution in [0.25, 0.3) is 5.69 Å². The zero-order valence-corrected chi connectivity index (χ0v) is 17.3. The van der Waals surface area contributed by atoms with Gasteiger partial charge in [0.05, 0.1) is 24.5 Å². The number of aromatic nitrogens is 3. The minimum absolute atomic E-state index is 0.0387. The first-order chi connectivity index (χ1) is 14.6. The van der Waals surface area contributed by atoms with E-state index in [1.807, 2.05) is 0 Å². The second-order valence-corrected chi connectivity index (χ2v) is 7.56. The first kappa shape index (κ1) is 22.5. The van der Waals surface area contributed by atoms with Crippen molar-refractivity contribution in [1.82, 2.24) is 14.1 Å². The summed E-state index contributed by atoms with van der Waals surface area (Å²) in [6.07, 6.45) is 1.41. The van der Waals surface area contributed by atoms with Crippen molar-refractivity contribution in [2.75, 3.05) is 6.61 Å². The van der Waals surface area contributed by atoms with Gasteiger partial charge in [-0.15, -0.1) is 0 Å². The highest BCUT2D eigenvalue weighted by molar-refractivity contribution is 8.00. The lowest BCUT2D eigenvalue weighted by Crippen LogP contribution is -2.24. The quantitative estimate of drug-likeness (QED) is 0.450. The maximum absolute atomic E-state index is 12.9. The second kappa shape index (κ2) is 8.88. The fourth-order valence-corrected chi connectivity index (χ4v) is 3.46. The number of alkyl halides is 3. The Kier molecular flexibility index (Phi) is 6.44. The maximum atomic E-state index is 12.9. The van der Waals surface area contributed by atoms with Crippen LogP contribution < -0.4 is 5.69 Å². The predicted octanol–water partition coefficient (Wildman–Crippen LogP) is 3.88. The van der Waals surface area contributed by atoms with Gasteiger partial charge >= 0.3 is 17.2 Å². The van der Waals surface area contributed by atoms with Gasteiger partial charge in [0.25, 0.3) is 0 Å². The van der Waals surface area contributed by atoms with Crippen LogP contribution in [0.3, 0.4) is 0 Å². The molecule has 0 radical (unpaired) electrons. The van der Waals surface area contributed by atoms with Crippen LogP contribution in [0.2, 0.25) is 0 Å². The number of carbonyl (C=O) groups is 1. The molecule has 0 amide bonds. The molecule has 164 valence electrons. The van der Waals surface area contributed by atoms with Gasteiger partial charge in [0.2, 0.25) is 5.88 Å². The molecule has 3 rings (SSSR count). The second-order valence-electron chi connectivity index (χ2n) is 6.42. The van der Waals surface area contributed by atoms with Gasteiger partial charge in [-0.05, 0) is 67.6 Å². The fourth-order valence-electron chi connectivity index (χ4n) is 2.92. The zero-order chi connectivity index (χ0) is 22.8. The molecule has 0 aliphatic rings. The molecule has 0 saturated heterocycles. The maximum Gasteiger partial charge on any atom is 0.446 e. The molecule has 0 fully saturated rings. The average molecular weight is 453 g/mol. The number of hydrogen-bond donors (Lipinski definition) is 1. The van der Waals surface area contributed by atoms with Crippen molar-refractivity contribution < 1.29 is 27.8 Å². The van der Waals surface area contributed by atoms with E-state index in [2.05, 4.69) is 4.98 Å². The molecule has 2 aromatic heterocycles. The molecule has 0 aliphatic carbocycles. The topological polar surface area (TPSA) is 86.4 Å². The largest absolute Gasteiger partial charge is 0.493 e. The Morgan fingerprint density at radius 3 is 2.52 bits per heavy atom. The minimum Gasteiger partial charge on any atom is -0.493 e. The number of aromatic hydroxyl groups is 1. The average Bonchev–Trinajstić information content (AvgIpc) is 2.91. The number of benzene rings is 1. The van der Waals surface area contributed by atoms with Crippen LogP contribution in [-0.4, -0.2) is 37.3 Å². The van der Waals surface area contributed by atoms with Crippen molar-refractivity contribution in [3.63, 3.8) is 0 Å². The van der Waals surface area contributed by atoms with E-state index in [0.29, 0.717) is 5.56 Å². The Bertz CT molecular complexity index is 1150. The molecule has 1 aromatic carbocycles. The number of ether oxygens (including phenoxy) is 1. The number of halogens is 3. The number of nitrogens with zero attached hydrogens (tertiary/aromatic N) is 3. The molecule has 7 nitrogen and oxygen atoms in total. The van der Waals surface area contributed by atoms with Gasteiger partial charge in [0.15, 0.2) is 0 Å². The number of thioether (sulfide) groups is 1. The molecular weight excluding hydrogens is 435 g/mol. The summed E-state index contributed by atoms with van der Waals surface area (Å²) in [5, 5.41) is 10.5. The molecule has 0 saturated carbocycles. The van der Waals surface area contributed by atoms with Gasteiger partial charge in [0, 0.05) is 11.1 Å². The van der Waals surface area contributed by atoms with E-state index in [1.54, 1.807) is 13.0 Å². The third-order valence-electron chi connectivity index (χ3n) is 4.34. The lowest BCUT2D eigenvalue weighted by atomic mass is 10.2. The number of esters is 1. The number of pyridine rings is 1. The summed E-state index contributed by atoms with van der Waals surface area (Å²) in [4.78, 5) is 28.7. The Hall–Kier alpha value is -3.21. The SMILES string of the molecule is CCOC(=O)c1cc(Cn2c(C)c(O)n(-c3ccc(SC(F)(F)F)cc3)c2=O)ccn1. The molecule has 3 aromatic rings. The van der Waals surface area contributed by atoms with Crippen molar-refractivity contribution >= 4 is 17.7 Å². The van der Waals surface area contributed by atoms with Gasteiger partial charge in [-0.25, -0.2) is 19.1 Å². The van der Waals surface area contributed by atoms with Crippen LogP contribution in [0.4, 0.5) is 13.2 Å². The summed E-state index contributed by atoms with van der Waals surface area (Å²) in [6, 6.07) is 8.20. The third kappa shape index (κ3) is 5.10. The molecule has 0 spiro atoms. The molecule has 0 bridgehead atoms. The van der Waals surface area contributed by atoms with Crippen molar-refractivity contribution in [3.8, 4) is 11.6 Å². The highest BCUT2D eigenvalue weighted by atomic mass is 32.2. The van der Waals surface area contributed by atoms with E-state index < -0.39 is 17.2 Å². The molecule has 1 N–H and O–H groups in total. The first-order valence-corrected chi connectivity index (χ1v) is 9.91. The van der Waals surface area contributed by atoms with E-state index in [9.17, 15) is 27.9 Å². The summed E-state index contributed by atoms with van der Waals surface area (Å²) in [6.45, 7) is 3.45. The van der Waals surface area contributed by atoms with E-state index >= 15 is 0 Å². The summed E-state index contributed by atoms with van der Waals surface area (Å²) >= 11 is -0.269. The van der Waals surface area contributed by atoms with Crippen LogP contribution in [0, 0.1) is 6.92 Å². The van der Waals surface area contributed by atoms with E-state index in [1.165, 1.54) is 48.0 Å². The highest BCUT2D eigenvalue weighted by Gasteiger charge is 2.29. The number of rotatable bonds is 6. The standard InChI is InChI=1S/C20H18F3N3O4S/c1-3-30-18(28)16-10-13(8-9-24-16)11-25-12(2)17(27)26(19(25)29)14-4-6-15(7-5-14)31-20(21,22)23/h4-10,27H,3,11H2,1-2H3. The lowest BCUT2D eigenvalue weighted by molar-refractivity contribution is -0.0328. The number of imidazole rings is 1. The molecule has 0 aliphatic heterocycles. The minimum atomic E-state index is -4.42. The molecular formula is C20H18F3N3O4S. The van der Waals surface area contributed by atoms with Gasteiger partial charge in [-0.1, -0.05) is 0 Å². The van der Waals surface area contributed by atoms with Crippen molar-refractivity contribution in [2.45, 2.75) is 30.8 Å². The lowest BCUT2D eigenvalue weighted by Gasteiger charge is -2.07. The Morgan fingerprint density at radius 1 is 1.23 bits per heavy atom. The summed E-state index contributed by atoms with van der Waals surface area (Å²) in [5.74, 6) is -0.924. The van der Waals surface area contributed by atoms with Crippen molar-refractivity contribution in [3.05, 3.63) is 70.0 Å². The summed E-state index contributed by atoms with van der Waals surface area (Å²) in [7, 11) is 0. The van der Waals surface area contributed by atoms with Crippen molar-refractivity contribution in [1.29, 1.82) is 0 Å². The van der Waals surface area contributed by atoms with E-state index in [0.717, 1.165) is 4.57 Å². The molecule has 11 heteroatoms. The molecule has 2 heterocycles. The first-order valence-electron chi connectivity index (χ1n) is 9.10. The van der Waals surface area contributed by atoms with Crippen LogP contribution in [0.5, 0.6) is 5.88 Å². The van der Waals surface area contributed by atoms with Gasteiger partial charge in [-0.3, -0.25) is 4.57 Å². The normalized spacial score (nSPS) is 11.5. The van der Waals surface area contributed by atoms with Gasteiger partial charge in [-0.2, -0.15) is 13.2 Å². The smallest absolute Gasteiger partial charge is 0.446 e. The Morgan fingerprint density at radius 2 is 1.90 bits per heavy atom. The molecule has 0 atom stereocenters. The van der Waals surface area contributed by atoms with Gasteiger partial charge < -0.3 is 9.84 Å². The van der Waals surface area contributed by atoms with Crippen molar-refractivity contribution in [2.24, 2.45) is 0 Å². The summed E-state index contributed by atoms with van der Waals surface area (Å²) in [5.41, 5.74) is -3.86. The van der Waals surface area contributed by atoms with E-state index in [-0.39, 0.29) is 52.8 Å². The highest BCUT2D eigenvalue weighted by Crippen LogP contribution is 2.37. The predicted molar refractivity (Wildman–Crippen MR) is 108 cm³/mol. The van der Waals surface area contributed by atoms with Crippen LogP contribution in [-0.2, 0) is 11.3 Å². The van der Waals surface area contributed by atoms with E-state index in [4.69, 9.17) is 4.74 Å². The fraction of sp³-hybridized carbons (Fsp3) is 0.250. The monoisotopic (exact) mass is 453 g/mol. The third-order valence-corrected chi connectivity index (χ3v) is 5.08. The number of hydrogen-bond acceptors (Lipinski definition) is 6. The Labute approximate surface area is 179 Å². The van der Waals surface area contributed by atoms with Crippen LogP contribution in [0.1, 0.15) is 28.7 Å². The van der Waals surface area contributed by atoms with Crippen LogP contribution >= 0.6 is 11.8 Å². The summed E-state index contributed by atoms with van der Waals surface area (Å²) < 4.78 is 44.7. The zero-order valence-electron chi connectivity index (χ0n) is 16.5. The molecule has 0 unspecified atom stereocenters.